The van der Waals surface area contributed by atoms with E-state index in [1.54, 1.807) is 10.9 Å². The average Bonchev–Trinajstić information content (AvgIpc) is 3.02. The summed E-state index contributed by atoms with van der Waals surface area (Å²) < 4.78 is 1.71. The number of aromatic nitrogens is 4. The van der Waals surface area contributed by atoms with Gasteiger partial charge < -0.3 is 10.2 Å². The predicted molar refractivity (Wildman–Crippen MR) is 81.0 cm³/mol. The van der Waals surface area contributed by atoms with Gasteiger partial charge in [-0.1, -0.05) is 24.4 Å². The van der Waals surface area contributed by atoms with Gasteiger partial charge >= 0.3 is 0 Å². The van der Waals surface area contributed by atoms with Crippen molar-refractivity contribution in [3.05, 3.63) is 17.3 Å². The highest BCUT2D eigenvalue weighted by molar-refractivity contribution is 7.99. The fourth-order valence-electron chi connectivity index (χ4n) is 2.12. The summed E-state index contributed by atoms with van der Waals surface area (Å²) in [6.45, 7) is 1.93. The van der Waals surface area contributed by atoms with Crippen LogP contribution in [0.5, 0.6) is 0 Å². The normalized spacial score (nSPS) is 25.0. The van der Waals surface area contributed by atoms with Crippen molar-refractivity contribution in [2.45, 2.75) is 30.9 Å². The first-order valence-electron chi connectivity index (χ1n) is 6.48. The predicted octanol–water partition coefficient (Wildman–Crippen LogP) is 1.21. The molecule has 0 radical (unpaired) electrons. The maximum absolute atomic E-state index is 10.0. The van der Waals surface area contributed by atoms with Gasteiger partial charge in [-0.25, -0.2) is 15.0 Å². The first-order chi connectivity index (χ1) is 10.1. The zero-order chi connectivity index (χ0) is 15.0. The van der Waals surface area contributed by atoms with Crippen LogP contribution in [0.3, 0.4) is 0 Å². The molecule has 110 valence electrons. The van der Waals surface area contributed by atoms with Gasteiger partial charge in [-0.15, -0.1) is 11.8 Å². The summed E-state index contributed by atoms with van der Waals surface area (Å²) in [6.07, 6.45) is 0.628. The molecule has 3 heterocycles. The SMILES string of the molecule is CCC#Cc1nc(Cl)c2ncn([C@@H]3SC[C@@H](O)[C@H]3O)c2n1. The van der Waals surface area contributed by atoms with Crippen LogP contribution in [0.4, 0.5) is 0 Å². The number of aliphatic hydroxyl groups is 2. The molecule has 2 aromatic rings. The van der Waals surface area contributed by atoms with Crippen LogP contribution in [0.2, 0.25) is 5.15 Å². The highest BCUT2D eigenvalue weighted by Crippen LogP contribution is 2.38. The molecule has 0 bridgehead atoms. The number of halogens is 1. The zero-order valence-electron chi connectivity index (χ0n) is 11.2. The van der Waals surface area contributed by atoms with Crippen molar-refractivity contribution in [2.24, 2.45) is 0 Å². The quantitative estimate of drug-likeness (QED) is 0.606. The summed E-state index contributed by atoms with van der Waals surface area (Å²) in [6, 6.07) is 0. The Balaban J connectivity index is 2.10. The molecule has 2 N–H and O–H groups in total. The van der Waals surface area contributed by atoms with Gasteiger partial charge in [0.05, 0.1) is 12.4 Å². The van der Waals surface area contributed by atoms with E-state index in [1.807, 2.05) is 6.92 Å². The van der Waals surface area contributed by atoms with Crippen molar-refractivity contribution < 1.29 is 10.2 Å². The molecule has 0 spiro atoms. The van der Waals surface area contributed by atoms with Crippen LogP contribution >= 0.6 is 23.4 Å². The summed E-state index contributed by atoms with van der Waals surface area (Å²) in [4.78, 5) is 12.7. The summed E-state index contributed by atoms with van der Waals surface area (Å²) in [5.74, 6) is 6.53. The number of rotatable bonds is 1. The zero-order valence-corrected chi connectivity index (χ0v) is 12.8. The first kappa shape index (κ1) is 14.6. The second-order valence-corrected chi connectivity index (χ2v) is 6.11. The average molecular weight is 325 g/mol. The van der Waals surface area contributed by atoms with E-state index in [1.165, 1.54) is 11.8 Å². The van der Waals surface area contributed by atoms with Gasteiger partial charge in [-0.2, -0.15) is 0 Å². The molecule has 0 aromatic carbocycles. The van der Waals surface area contributed by atoms with Gasteiger partial charge in [0.15, 0.2) is 10.8 Å². The molecule has 1 saturated heterocycles. The van der Waals surface area contributed by atoms with E-state index in [0.29, 0.717) is 29.2 Å². The number of fused-ring (bicyclic) bond motifs is 1. The Kier molecular flexibility index (Phi) is 4.04. The fraction of sp³-hybridized carbons (Fsp3) is 0.462. The van der Waals surface area contributed by atoms with Crippen molar-refractivity contribution in [1.29, 1.82) is 0 Å². The minimum absolute atomic E-state index is 0.234. The smallest absolute Gasteiger partial charge is 0.208 e. The monoisotopic (exact) mass is 324 g/mol. The molecular formula is C13H13ClN4O2S. The number of hydrogen-bond acceptors (Lipinski definition) is 6. The Hall–Kier alpha value is -1.33. The van der Waals surface area contributed by atoms with Gasteiger partial charge in [0.25, 0.3) is 0 Å². The Morgan fingerprint density at radius 3 is 2.95 bits per heavy atom. The first-order valence-corrected chi connectivity index (χ1v) is 7.91. The van der Waals surface area contributed by atoms with Crippen molar-refractivity contribution in [3.63, 3.8) is 0 Å². The lowest BCUT2D eigenvalue weighted by molar-refractivity contribution is 0.0313. The van der Waals surface area contributed by atoms with Crippen molar-refractivity contribution >= 4 is 34.5 Å². The molecule has 21 heavy (non-hydrogen) atoms. The van der Waals surface area contributed by atoms with Gasteiger partial charge in [0.2, 0.25) is 5.82 Å². The lowest BCUT2D eigenvalue weighted by atomic mass is 10.2. The minimum atomic E-state index is -0.869. The largest absolute Gasteiger partial charge is 0.389 e. The fourth-order valence-corrected chi connectivity index (χ4v) is 3.62. The molecule has 8 heteroatoms. The number of hydrogen-bond donors (Lipinski definition) is 2. The molecule has 3 rings (SSSR count). The minimum Gasteiger partial charge on any atom is -0.389 e. The molecule has 1 fully saturated rings. The molecule has 1 aliphatic rings. The van der Waals surface area contributed by atoms with E-state index in [9.17, 15) is 10.2 Å². The molecule has 2 aromatic heterocycles. The molecule has 0 unspecified atom stereocenters. The van der Waals surface area contributed by atoms with E-state index in [0.717, 1.165) is 0 Å². The molecule has 0 saturated carbocycles. The standard InChI is InChI=1S/C13H13ClN4O2S/c1-2-3-4-8-16-11(14)9-12(17-8)18(6-15-9)13-10(20)7(19)5-21-13/h6-7,10,13,19-20H,2,5H2,1H3/t7-,10-,13-/m1/s1. The van der Waals surface area contributed by atoms with Crippen LogP contribution in [0.15, 0.2) is 6.33 Å². The van der Waals surface area contributed by atoms with Crippen LogP contribution in [0.25, 0.3) is 11.2 Å². The molecule has 1 aliphatic heterocycles. The second-order valence-electron chi connectivity index (χ2n) is 4.60. The van der Waals surface area contributed by atoms with Crippen LogP contribution in [0.1, 0.15) is 24.5 Å². The van der Waals surface area contributed by atoms with Gasteiger partial charge in [-0.3, -0.25) is 4.57 Å². The van der Waals surface area contributed by atoms with Crippen molar-refractivity contribution in [2.75, 3.05) is 5.75 Å². The van der Waals surface area contributed by atoms with E-state index in [2.05, 4.69) is 26.8 Å². The van der Waals surface area contributed by atoms with Gasteiger partial charge in [-0.05, 0) is 5.92 Å². The van der Waals surface area contributed by atoms with Crippen LogP contribution in [-0.2, 0) is 0 Å². The maximum atomic E-state index is 10.0. The van der Waals surface area contributed by atoms with Crippen LogP contribution in [0, 0.1) is 11.8 Å². The number of aliphatic hydroxyl groups excluding tert-OH is 2. The van der Waals surface area contributed by atoms with Gasteiger partial charge in [0.1, 0.15) is 17.0 Å². The van der Waals surface area contributed by atoms with E-state index >= 15 is 0 Å². The molecule has 6 nitrogen and oxygen atoms in total. The third-order valence-corrected chi connectivity index (χ3v) is 4.80. The second kappa shape index (κ2) is 5.81. The van der Waals surface area contributed by atoms with Gasteiger partial charge in [0, 0.05) is 12.2 Å². The summed E-state index contributed by atoms with van der Waals surface area (Å²) >= 11 is 7.56. The molecule has 3 atom stereocenters. The molecule has 0 aliphatic carbocycles. The third kappa shape index (κ3) is 2.60. The Morgan fingerprint density at radius 1 is 1.48 bits per heavy atom. The lowest BCUT2D eigenvalue weighted by Crippen LogP contribution is -2.27. The molecule has 0 amide bonds. The third-order valence-electron chi connectivity index (χ3n) is 3.15. The van der Waals surface area contributed by atoms with Crippen molar-refractivity contribution in [3.8, 4) is 11.8 Å². The van der Waals surface area contributed by atoms with Crippen molar-refractivity contribution in [1.82, 2.24) is 19.5 Å². The lowest BCUT2D eigenvalue weighted by Gasteiger charge is -2.17. The maximum Gasteiger partial charge on any atom is 0.208 e. The highest BCUT2D eigenvalue weighted by Gasteiger charge is 2.36. The van der Waals surface area contributed by atoms with Crippen LogP contribution < -0.4 is 0 Å². The number of nitrogens with zero attached hydrogens (tertiary/aromatic N) is 4. The summed E-state index contributed by atoms with van der Waals surface area (Å²) in [5.41, 5.74) is 0.981. The highest BCUT2D eigenvalue weighted by atomic mass is 35.5. The number of thioether (sulfide) groups is 1. The summed E-state index contributed by atoms with van der Waals surface area (Å²) in [7, 11) is 0. The van der Waals surface area contributed by atoms with E-state index in [4.69, 9.17) is 11.6 Å². The summed E-state index contributed by atoms with van der Waals surface area (Å²) in [5, 5.41) is 19.6. The Bertz CT molecular complexity index is 739. The van der Waals surface area contributed by atoms with Crippen LogP contribution in [-0.4, -0.2) is 47.7 Å². The Morgan fingerprint density at radius 2 is 2.29 bits per heavy atom. The van der Waals surface area contributed by atoms with E-state index in [-0.39, 0.29) is 10.5 Å². The topological polar surface area (TPSA) is 84.1 Å². The molecular weight excluding hydrogens is 312 g/mol. The Labute approximate surface area is 130 Å². The van der Waals surface area contributed by atoms with E-state index < -0.39 is 12.2 Å². The number of imidazole rings is 1.